The van der Waals surface area contributed by atoms with E-state index in [1.807, 2.05) is 30.9 Å². The summed E-state index contributed by atoms with van der Waals surface area (Å²) in [6, 6.07) is 3.68. The molecule has 5 heteroatoms. The minimum absolute atomic E-state index is 0.0716. The number of hydrogen-bond donors (Lipinski definition) is 1. The largest absolute Gasteiger partial charge is 0.473 e. The van der Waals surface area contributed by atoms with Crippen molar-refractivity contribution in [1.29, 1.82) is 0 Å². The maximum atomic E-state index is 12.1. The summed E-state index contributed by atoms with van der Waals surface area (Å²) in [4.78, 5) is 14.0. The Hall–Kier alpha value is -1.42. The second-order valence-corrected chi connectivity index (χ2v) is 5.86. The van der Waals surface area contributed by atoms with Crippen LogP contribution in [-0.4, -0.2) is 30.8 Å². The molecule has 0 saturated carbocycles. The molecule has 0 spiro atoms. The molecule has 1 rings (SSSR count). The summed E-state index contributed by atoms with van der Waals surface area (Å²) in [6.07, 6.45) is 3.05. The van der Waals surface area contributed by atoms with E-state index in [9.17, 15) is 4.79 Å². The van der Waals surface area contributed by atoms with Gasteiger partial charge in [0.25, 0.3) is 0 Å². The first-order valence-electron chi connectivity index (χ1n) is 7.91. The van der Waals surface area contributed by atoms with Crippen LogP contribution < -0.4 is 10.1 Å². The molecule has 0 radical (unpaired) electrons. The van der Waals surface area contributed by atoms with Gasteiger partial charge in [0.05, 0.1) is 0 Å². The second-order valence-electron chi connectivity index (χ2n) is 5.48. The van der Waals surface area contributed by atoms with Crippen molar-refractivity contribution >= 4 is 17.6 Å². The number of ether oxygens (including phenoxy) is 1. The summed E-state index contributed by atoms with van der Waals surface area (Å²) in [6.45, 7) is 9.79. The Morgan fingerprint density at radius 3 is 2.36 bits per heavy atom. The summed E-state index contributed by atoms with van der Waals surface area (Å²) >= 11 is 6.13. The molecule has 1 N–H and O–H groups in total. The van der Waals surface area contributed by atoms with Gasteiger partial charge in [-0.1, -0.05) is 31.9 Å². The summed E-state index contributed by atoms with van der Waals surface area (Å²) < 4.78 is 5.61. The normalized spacial score (nSPS) is 10.4. The molecular weight excluding hydrogens is 300 g/mol. The van der Waals surface area contributed by atoms with Gasteiger partial charge in [0, 0.05) is 18.1 Å². The van der Waals surface area contributed by atoms with E-state index in [1.54, 1.807) is 0 Å². The molecule has 0 unspecified atom stereocenters. The quantitative estimate of drug-likeness (QED) is 0.714. The van der Waals surface area contributed by atoms with E-state index in [4.69, 9.17) is 16.3 Å². The van der Waals surface area contributed by atoms with Crippen LogP contribution in [0.1, 0.15) is 44.2 Å². The number of aryl methyl sites for hydroxylation is 2. The monoisotopic (exact) mass is 326 g/mol. The fourth-order valence-electron chi connectivity index (χ4n) is 2.22. The Balaban J connectivity index is 2.49. The van der Waals surface area contributed by atoms with E-state index in [2.05, 4.69) is 19.2 Å². The first-order chi connectivity index (χ1) is 10.5. The Labute approximate surface area is 138 Å². The number of nitrogens with zero attached hydrogens (tertiary/aromatic N) is 1. The predicted octanol–water partition coefficient (Wildman–Crippen LogP) is 4.51. The molecule has 0 aromatic heterocycles. The SMILES string of the molecule is CCCCN(CCC)C(=O)NCOc1cc(C)c(Cl)c(C)c1. The van der Waals surface area contributed by atoms with Crippen molar-refractivity contribution in [2.75, 3.05) is 19.8 Å². The van der Waals surface area contributed by atoms with Crippen LogP contribution in [-0.2, 0) is 0 Å². The lowest BCUT2D eigenvalue weighted by atomic mass is 10.1. The third-order valence-electron chi connectivity index (χ3n) is 3.43. The lowest BCUT2D eigenvalue weighted by Gasteiger charge is -2.22. The van der Waals surface area contributed by atoms with Crippen molar-refractivity contribution < 1.29 is 9.53 Å². The number of hydrogen-bond acceptors (Lipinski definition) is 2. The van der Waals surface area contributed by atoms with Gasteiger partial charge in [-0.15, -0.1) is 0 Å². The topological polar surface area (TPSA) is 41.6 Å². The molecule has 0 aliphatic rings. The van der Waals surface area contributed by atoms with E-state index in [-0.39, 0.29) is 12.8 Å². The van der Waals surface area contributed by atoms with Crippen molar-refractivity contribution in [1.82, 2.24) is 10.2 Å². The zero-order chi connectivity index (χ0) is 16.5. The van der Waals surface area contributed by atoms with Crippen molar-refractivity contribution in [2.24, 2.45) is 0 Å². The number of carbonyl (C=O) groups is 1. The molecule has 4 nitrogen and oxygen atoms in total. The molecule has 0 saturated heterocycles. The summed E-state index contributed by atoms with van der Waals surface area (Å²) in [5.41, 5.74) is 1.94. The van der Waals surface area contributed by atoms with Crippen molar-refractivity contribution in [3.05, 3.63) is 28.3 Å². The summed E-state index contributed by atoms with van der Waals surface area (Å²) in [7, 11) is 0. The molecule has 124 valence electrons. The first kappa shape index (κ1) is 18.6. The lowest BCUT2D eigenvalue weighted by Crippen LogP contribution is -2.42. The number of benzene rings is 1. The van der Waals surface area contributed by atoms with Crippen LogP contribution in [0.5, 0.6) is 5.75 Å². The molecule has 1 aromatic carbocycles. The molecule has 0 bridgehead atoms. The van der Waals surface area contributed by atoms with Gasteiger partial charge in [0.15, 0.2) is 6.73 Å². The van der Waals surface area contributed by atoms with E-state index in [1.165, 1.54) is 0 Å². The van der Waals surface area contributed by atoms with Crippen molar-refractivity contribution in [2.45, 2.75) is 47.0 Å². The van der Waals surface area contributed by atoms with Gasteiger partial charge < -0.3 is 15.0 Å². The van der Waals surface area contributed by atoms with Crippen LogP contribution in [0.2, 0.25) is 5.02 Å². The third kappa shape index (κ3) is 5.76. The van der Waals surface area contributed by atoms with Gasteiger partial charge in [-0.25, -0.2) is 4.79 Å². The minimum Gasteiger partial charge on any atom is -0.473 e. The predicted molar refractivity (Wildman–Crippen MR) is 91.7 cm³/mol. The number of nitrogens with one attached hydrogen (secondary N) is 1. The van der Waals surface area contributed by atoms with E-state index < -0.39 is 0 Å². The van der Waals surface area contributed by atoms with E-state index in [0.29, 0.717) is 0 Å². The second kappa shape index (κ2) is 9.57. The number of amides is 2. The molecule has 0 fully saturated rings. The Bertz CT molecular complexity index is 469. The molecule has 0 aliphatic heterocycles. The smallest absolute Gasteiger partial charge is 0.320 e. The van der Waals surface area contributed by atoms with Gasteiger partial charge in [-0.2, -0.15) is 0 Å². The van der Waals surface area contributed by atoms with Gasteiger partial charge in [-0.3, -0.25) is 0 Å². The van der Waals surface area contributed by atoms with Crippen LogP contribution in [0.25, 0.3) is 0 Å². The number of urea groups is 1. The van der Waals surface area contributed by atoms with Crippen LogP contribution in [0, 0.1) is 13.8 Å². The summed E-state index contributed by atoms with van der Waals surface area (Å²) in [5, 5.41) is 3.56. The molecule has 2 amide bonds. The Morgan fingerprint density at radius 1 is 1.18 bits per heavy atom. The van der Waals surface area contributed by atoms with Crippen LogP contribution in [0.3, 0.4) is 0 Å². The van der Waals surface area contributed by atoms with Crippen LogP contribution >= 0.6 is 11.6 Å². The number of unbranched alkanes of at least 4 members (excludes halogenated alkanes) is 1. The minimum atomic E-state index is -0.0716. The molecule has 1 aromatic rings. The highest BCUT2D eigenvalue weighted by Crippen LogP contribution is 2.25. The zero-order valence-electron chi connectivity index (χ0n) is 14.0. The van der Waals surface area contributed by atoms with E-state index in [0.717, 1.165) is 54.3 Å². The Morgan fingerprint density at radius 2 is 1.82 bits per heavy atom. The van der Waals surface area contributed by atoms with Crippen molar-refractivity contribution in [3.8, 4) is 5.75 Å². The average Bonchev–Trinajstić information content (AvgIpc) is 2.48. The number of carbonyl (C=O) groups excluding carboxylic acids is 1. The van der Waals surface area contributed by atoms with Crippen LogP contribution in [0.15, 0.2) is 12.1 Å². The summed E-state index contributed by atoms with van der Waals surface area (Å²) in [5.74, 6) is 0.718. The molecule has 22 heavy (non-hydrogen) atoms. The van der Waals surface area contributed by atoms with Gasteiger partial charge >= 0.3 is 6.03 Å². The fraction of sp³-hybridized carbons (Fsp3) is 0.588. The third-order valence-corrected chi connectivity index (χ3v) is 4.03. The number of rotatable bonds is 8. The van der Waals surface area contributed by atoms with E-state index >= 15 is 0 Å². The highest BCUT2D eigenvalue weighted by Gasteiger charge is 2.11. The van der Waals surface area contributed by atoms with Crippen LogP contribution in [0.4, 0.5) is 4.79 Å². The zero-order valence-corrected chi connectivity index (χ0v) is 14.8. The van der Waals surface area contributed by atoms with Gasteiger partial charge in [0.2, 0.25) is 0 Å². The molecule has 0 aliphatic carbocycles. The average molecular weight is 327 g/mol. The Kier molecular flexibility index (Phi) is 8.10. The fourth-order valence-corrected chi connectivity index (χ4v) is 2.33. The number of halogens is 1. The molecule has 0 atom stereocenters. The standard InChI is InChI=1S/C17H27ClN2O2/c1-5-7-9-20(8-6-2)17(21)19-12-22-15-10-13(3)16(18)14(4)11-15/h10-11H,5-9,12H2,1-4H3,(H,19,21). The molecular formula is C17H27ClN2O2. The molecule has 0 heterocycles. The maximum Gasteiger partial charge on any atom is 0.320 e. The van der Waals surface area contributed by atoms with Crippen molar-refractivity contribution in [3.63, 3.8) is 0 Å². The van der Waals surface area contributed by atoms with Gasteiger partial charge in [0.1, 0.15) is 5.75 Å². The first-order valence-corrected chi connectivity index (χ1v) is 8.29. The maximum absolute atomic E-state index is 12.1. The highest BCUT2D eigenvalue weighted by atomic mass is 35.5. The van der Waals surface area contributed by atoms with Gasteiger partial charge in [-0.05, 0) is 49.9 Å². The highest BCUT2D eigenvalue weighted by molar-refractivity contribution is 6.32. The lowest BCUT2D eigenvalue weighted by molar-refractivity contribution is 0.183.